The van der Waals surface area contributed by atoms with Crippen molar-refractivity contribution < 1.29 is 17.0 Å². The number of rotatable bonds is 0. The Bertz CT molecular complexity index is 1100. The summed E-state index contributed by atoms with van der Waals surface area (Å²) in [6.45, 7) is 0.907. The number of H-pyrrole nitrogens is 1. The molecule has 0 radical (unpaired) electrons. The normalized spacial score (nSPS) is 12.7. The lowest BCUT2D eigenvalue weighted by molar-refractivity contribution is -0.661. The minimum absolute atomic E-state index is 0. The lowest BCUT2D eigenvalue weighted by Crippen LogP contribution is -3.00. The summed E-state index contributed by atoms with van der Waals surface area (Å²) in [6, 6.07) is 16.4. The van der Waals surface area contributed by atoms with Crippen LogP contribution in [0.2, 0.25) is 5.02 Å². The molecule has 3 heterocycles. The van der Waals surface area contributed by atoms with Gasteiger partial charge in [0.1, 0.15) is 10.7 Å². The highest BCUT2D eigenvalue weighted by Gasteiger charge is 2.30. The fraction of sp³-hybridized carbons (Fsp3) is 0.105. The summed E-state index contributed by atoms with van der Waals surface area (Å²) in [6.07, 6.45) is 0.987. The van der Waals surface area contributed by atoms with E-state index in [0.29, 0.717) is 0 Å². The molecule has 24 heavy (non-hydrogen) atoms. The molecule has 5 heteroatoms. The zero-order valence-electron chi connectivity index (χ0n) is 12.8. The number of hydrogen-bond donors (Lipinski definition) is 2. The van der Waals surface area contributed by atoms with Crippen LogP contribution in [0, 0.1) is 0 Å². The van der Waals surface area contributed by atoms with Crippen molar-refractivity contribution in [2.45, 2.75) is 13.0 Å². The number of benzene rings is 2. The Balaban J connectivity index is 0.00000146. The third-order valence-corrected chi connectivity index (χ3v) is 5.11. The molecule has 2 aromatic carbocycles. The minimum atomic E-state index is 0. The van der Waals surface area contributed by atoms with Crippen LogP contribution in [0.3, 0.4) is 0 Å². The topological polar surface area (TPSA) is 45.7 Å². The number of hydrogen-bond acceptors (Lipinski definition) is 1. The molecule has 0 bridgehead atoms. The molecule has 2 aromatic heterocycles. The number of halogens is 2. The molecule has 3 N–H and O–H groups in total. The SMILES string of the molecule is Nc1cc2[n+](c3c(Cl)cccc13)CCc1c-2[nH]c2ccccc12.[Cl-]. The molecule has 0 amide bonds. The van der Waals surface area contributed by atoms with Gasteiger partial charge in [0.05, 0.1) is 11.1 Å². The van der Waals surface area contributed by atoms with E-state index in [0.717, 1.165) is 46.0 Å². The number of nitrogens with one attached hydrogen (secondary N) is 1. The Kier molecular flexibility index (Phi) is 3.44. The monoisotopic (exact) mass is 355 g/mol. The first-order valence-electron chi connectivity index (χ1n) is 7.74. The van der Waals surface area contributed by atoms with Crippen molar-refractivity contribution in [3.05, 3.63) is 59.1 Å². The maximum absolute atomic E-state index is 6.49. The standard InChI is InChI=1S/C19H14ClN3.ClH/c20-14-6-3-5-13-15(21)10-17-18-12(8-9-23(17)19(13)14)11-4-1-2-7-16(11)22-18;/h1-7,10H,8-9H2,(H2,21,22);1H. The number of pyridine rings is 1. The summed E-state index contributed by atoms with van der Waals surface area (Å²) in [5, 5.41) is 3.06. The molecule has 4 aromatic rings. The van der Waals surface area contributed by atoms with E-state index in [1.165, 1.54) is 16.5 Å². The van der Waals surface area contributed by atoms with E-state index >= 15 is 0 Å². The molecule has 0 spiro atoms. The van der Waals surface area contributed by atoms with Gasteiger partial charge in [-0.15, -0.1) is 0 Å². The molecular weight excluding hydrogens is 341 g/mol. The van der Waals surface area contributed by atoms with Gasteiger partial charge in [-0.05, 0) is 23.8 Å². The van der Waals surface area contributed by atoms with Crippen molar-refractivity contribution in [1.82, 2.24) is 4.98 Å². The molecule has 0 unspecified atom stereocenters. The number of nitrogens with two attached hydrogens (primary N) is 1. The maximum Gasteiger partial charge on any atom is 0.233 e. The summed E-state index contributed by atoms with van der Waals surface area (Å²) in [5.74, 6) is 0. The highest BCUT2D eigenvalue weighted by atomic mass is 35.5. The second-order valence-corrected chi connectivity index (χ2v) is 6.45. The first-order chi connectivity index (χ1) is 11.2. The predicted molar refractivity (Wildman–Crippen MR) is 94.6 cm³/mol. The Hall–Kier alpha value is -2.23. The number of anilines is 1. The van der Waals surface area contributed by atoms with Crippen LogP contribution in [0.15, 0.2) is 48.5 Å². The Morgan fingerprint density at radius 2 is 1.83 bits per heavy atom. The Labute approximate surface area is 150 Å². The third kappa shape index (κ3) is 1.95. The van der Waals surface area contributed by atoms with E-state index in [4.69, 9.17) is 17.3 Å². The van der Waals surface area contributed by atoms with Gasteiger partial charge in [-0.3, -0.25) is 0 Å². The lowest BCUT2D eigenvalue weighted by Gasteiger charge is -2.15. The molecular formula is C19H15Cl2N3. The molecule has 0 atom stereocenters. The number of fused-ring (bicyclic) bond motifs is 7. The van der Waals surface area contributed by atoms with Crippen LogP contribution in [0.5, 0.6) is 0 Å². The van der Waals surface area contributed by atoms with E-state index in [-0.39, 0.29) is 12.4 Å². The van der Waals surface area contributed by atoms with Crippen LogP contribution in [0.25, 0.3) is 33.2 Å². The van der Waals surface area contributed by atoms with Gasteiger partial charge in [0.2, 0.25) is 11.2 Å². The van der Waals surface area contributed by atoms with Crippen molar-refractivity contribution >= 4 is 39.1 Å². The summed E-state index contributed by atoms with van der Waals surface area (Å²) in [7, 11) is 0. The van der Waals surface area contributed by atoms with Crippen LogP contribution in [-0.2, 0) is 13.0 Å². The van der Waals surface area contributed by atoms with Gasteiger partial charge < -0.3 is 23.1 Å². The van der Waals surface area contributed by atoms with Crippen molar-refractivity contribution in [1.29, 1.82) is 0 Å². The third-order valence-electron chi connectivity index (χ3n) is 4.81. The first kappa shape index (κ1) is 15.3. The molecule has 1 aliphatic heterocycles. The number of aromatic amines is 1. The van der Waals surface area contributed by atoms with Gasteiger partial charge >= 0.3 is 0 Å². The van der Waals surface area contributed by atoms with Gasteiger partial charge in [-0.1, -0.05) is 35.9 Å². The van der Waals surface area contributed by atoms with Crippen molar-refractivity contribution in [2.75, 3.05) is 5.73 Å². The van der Waals surface area contributed by atoms with Crippen molar-refractivity contribution in [3.63, 3.8) is 0 Å². The summed E-state index contributed by atoms with van der Waals surface area (Å²) in [4.78, 5) is 3.56. The van der Waals surface area contributed by atoms with Crippen LogP contribution in [0.1, 0.15) is 5.56 Å². The predicted octanol–water partition coefficient (Wildman–Crippen LogP) is 1.07. The maximum atomic E-state index is 6.49. The van der Waals surface area contributed by atoms with E-state index < -0.39 is 0 Å². The fourth-order valence-corrected chi connectivity index (χ4v) is 4.06. The van der Waals surface area contributed by atoms with Gasteiger partial charge in [-0.2, -0.15) is 4.57 Å². The van der Waals surface area contributed by atoms with E-state index in [1.54, 1.807) is 0 Å². The Morgan fingerprint density at radius 3 is 2.71 bits per heavy atom. The largest absolute Gasteiger partial charge is 1.00 e. The van der Waals surface area contributed by atoms with Crippen LogP contribution in [0.4, 0.5) is 5.69 Å². The summed E-state index contributed by atoms with van der Waals surface area (Å²) < 4.78 is 2.28. The van der Waals surface area contributed by atoms with Crippen LogP contribution < -0.4 is 22.7 Å². The van der Waals surface area contributed by atoms with E-state index in [2.05, 4.69) is 39.9 Å². The van der Waals surface area contributed by atoms with Crippen LogP contribution >= 0.6 is 11.6 Å². The quantitative estimate of drug-likeness (QED) is 0.455. The van der Waals surface area contributed by atoms with Crippen LogP contribution in [-0.4, -0.2) is 4.98 Å². The molecule has 5 rings (SSSR count). The number of aryl methyl sites for hydroxylation is 2. The van der Waals surface area contributed by atoms with Gasteiger partial charge in [-0.25, -0.2) is 0 Å². The number of nitrogens with zero attached hydrogens (tertiary/aromatic N) is 1. The van der Waals surface area contributed by atoms with E-state index in [1.807, 2.05) is 18.2 Å². The average molecular weight is 356 g/mol. The zero-order chi connectivity index (χ0) is 15.6. The van der Waals surface area contributed by atoms with Gasteiger partial charge in [0.25, 0.3) is 0 Å². The average Bonchev–Trinajstić information content (AvgIpc) is 2.94. The van der Waals surface area contributed by atoms with Gasteiger partial charge in [0, 0.05) is 23.4 Å². The summed E-state index contributed by atoms with van der Waals surface area (Å²) in [5.41, 5.74) is 12.9. The smallest absolute Gasteiger partial charge is 0.233 e. The van der Waals surface area contributed by atoms with Crippen molar-refractivity contribution in [2.24, 2.45) is 0 Å². The molecule has 1 aliphatic rings. The molecule has 3 nitrogen and oxygen atoms in total. The molecule has 120 valence electrons. The second kappa shape index (κ2) is 5.40. The summed E-state index contributed by atoms with van der Waals surface area (Å²) >= 11 is 6.49. The zero-order valence-corrected chi connectivity index (χ0v) is 14.3. The molecule has 0 saturated carbocycles. The first-order valence-corrected chi connectivity index (χ1v) is 8.12. The highest BCUT2D eigenvalue weighted by molar-refractivity contribution is 6.35. The Morgan fingerprint density at radius 1 is 1.04 bits per heavy atom. The molecule has 0 fully saturated rings. The minimum Gasteiger partial charge on any atom is -1.00 e. The van der Waals surface area contributed by atoms with E-state index in [9.17, 15) is 0 Å². The highest BCUT2D eigenvalue weighted by Crippen LogP contribution is 2.35. The number of nitrogen functional groups attached to an aromatic ring is 1. The number of para-hydroxylation sites is 2. The van der Waals surface area contributed by atoms with Crippen molar-refractivity contribution in [3.8, 4) is 11.4 Å². The fourth-order valence-electron chi connectivity index (χ4n) is 3.79. The molecule has 0 aliphatic carbocycles. The lowest BCUT2D eigenvalue weighted by atomic mass is 10.00. The number of aromatic nitrogens is 2. The molecule has 0 saturated heterocycles. The second-order valence-electron chi connectivity index (χ2n) is 6.05. The van der Waals surface area contributed by atoms with Gasteiger partial charge in [0.15, 0.2) is 6.54 Å².